The molecule has 4 heteroatoms. The Hall–Kier alpha value is -1.16. The summed E-state index contributed by atoms with van der Waals surface area (Å²) in [5, 5.41) is 10.0. The fourth-order valence-electron chi connectivity index (χ4n) is 2.65. The number of rotatable bonds is 3. The molecular formula is C14H19F2NO. The zero-order chi connectivity index (χ0) is 13.2. The highest BCUT2D eigenvalue weighted by molar-refractivity contribution is 5.39. The molecule has 0 heterocycles. The summed E-state index contributed by atoms with van der Waals surface area (Å²) in [4.78, 5) is 0. The van der Waals surface area contributed by atoms with E-state index in [2.05, 4.69) is 0 Å². The summed E-state index contributed by atoms with van der Waals surface area (Å²) in [6, 6.07) is 6.93. The van der Waals surface area contributed by atoms with Crippen LogP contribution >= 0.6 is 0 Å². The third-order valence-electron chi connectivity index (χ3n) is 3.62. The van der Waals surface area contributed by atoms with Crippen molar-refractivity contribution in [3.05, 3.63) is 29.8 Å². The number of benzene rings is 1. The molecule has 0 saturated heterocycles. The Kier molecular flexibility index (Phi) is 3.85. The van der Waals surface area contributed by atoms with Crippen LogP contribution in [0.5, 0.6) is 0 Å². The summed E-state index contributed by atoms with van der Waals surface area (Å²) < 4.78 is 26.5. The van der Waals surface area contributed by atoms with Crippen LogP contribution in [-0.2, 0) is 0 Å². The van der Waals surface area contributed by atoms with Crippen molar-refractivity contribution in [2.24, 2.45) is 5.92 Å². The highest BCUT2D eigenvalue weighted by atomic mass is 19.3. The van der Waals surface area contributed by atoms with Crippen LogP contribution in [0.25, 0.3) is 0 Å². The molecule has 0 aromatic heterocycles. The van der Waals surface area contributed by atoms with Crippen LogP contribution in [0, 0.1) is 5.92 Å². The topological polar surface area (TPSA) is 46.2 Å². The van der Waals surface area contributed by atoms with Crippen LogP contribution < -0.4 is 5.73 Å². The number of nitrogen functional groups attached to an aromatic ring is 1. The van der Waals surface area contributed by atoms with E-state index in [1.165, 1.54) is 0 Å². The van der Waals surface area contributed by atoms with Gasteiger partial charge in [-0.15, -0.1) is 0 Å². The van der Waals surface area contributed by atoms with Crippen molar-refractivity contribution in [3.63, 3.8) is 0 Å². The first-order valence-electron chi connectivity index (χ1n) is 6.37. The Morgan fingerprint density at radius 1 is 1.33 bits per heavy atom. The molecular weight excluding hydrogens is 236 g/mol. The summed E-state index contributed by atoms with van der Waals surface area (Å²) in [7, 11) is 0. The molecule has 100 valence electrons. The first kappa shape index (κ1) is 13.3. The van der Waals surface area contributed by atoms with E-state index in [0.29, 0.717) is 18.5 Å². The molecule has 2 atom stereocenters. The first-order valence-corrected chi connectivity index (χ1v) is 6.37. The molecule has 1 fully saturated rings. The Labute approximate surface area is 106 Å². The standard InChI is InChI=1S/C14H19F2NO/c15-14(16)7-1-2-10(9-14)8-13(18)11-3-5-12(17)6-4-11/h3-6,10,13,18H,1-2,7-9,17H2. The number of halogens is 2. The molecule has 0 amide bonds. The highest BCUT2D eigenvalue weighted by Gasteiger charge is 2.36. The lowest BCUT2D eigenvalue weighted by molar-refractivity contribution is -0.0590. The van der Waals surface area contributed by atoms with Gasteiger partial charge in [0.15, 0.2) is 0 Å². The lowest BCUT2D eigenvalue weighted by Gasteiger charge is -2.30. The lowest BCUT2D eigenvalue weighted by atomic mass is 9.82. The predicted octanol–water partition coefficient (Wildman–Crippen LogP) is 3.52. The van der Waals surface area contributed by atoms with Gasteiger partial charge in [0.1, 0.15) is 0 Å². The van der Waals surface area contributed by atoms with E-state index >= 15 is 0 Å². The summed E-state index contributed by atoms with van der Waals surface area (Å²) in [6.07, 6.45) is 0.942. The quantitative estimate of drug-likeness (QED) is 0.812. The van der Waals surface area contributed by atoms with E-state index in [9.17, 15) is 13.9 Å². The van der Waals surface area contributed by atoms with Gasteiger partial charge < -0.3 is 10.8 Å². The molecule has 2 rings (SSSR count). The zero-order valence-corrected chi connectivity index (χ0v) is 10.3. The maximum Gasteiger partial charge on any atom is 0.248 e. The monoisotopic (exact) mass is 255 g/mol. The van der Waals surface area contributed by atoms with Gasteiger partial charge in [-0.2, -0.15) is 0 Å². The van der Waals surface area contributed by atoms with Crippen LogP contribution in [-0.4, -0.2) is 11.0 Å². The van der Waals surface area contributed by atoms with Crippen molar-refractivity contribution in [2.45, 2.75) is 44.1 Å². The minimum Gasteiger partial charge on any atom is -0.399 e. The second-order valence-electron chi connectivity index (χ2n) is 5.24. The second-order valence-corrected chi connectivity index (χ2v) is 5.24. The van der Waals surface area contributed by atoms with Crippen molar-refractivity contribution in [1.29, 1.82) is 0 Å². The van der Waals surface area contributed by atoms with Gasteiger partial charge in [0.05, 0.1) is 6.10 Å². The lowest BCUT2D eigenvalue weighted by Crippen LogP contribution is -2.27. The number of aliphatic hydroxyl groups excluding tert-OH is 1. The van der Waals surface area contributed by atoms with Crippen LogP contribution in [0.3, 0.4) is 0 Å². The summed E-state index contributed by atoms with van der Waals surface area (Å²) in [5.74, 6) is -2.65. The van der Waals surface area contributed by atoms with Gasteiger partial charge in [0, 0.05) is 18.5 Å². The number of alkyl halides is 2. The average Bonchev–Trinajstić information content (AvgIpc) is 2.28. The molecule has 2 nitrogen and oxygen atoms in total. The minimum absolute atomic E-state index is 0.0124. The third-order valence-corrected chi connectivity index (χ3v) is 3.62. The number of anilines is 1. The molecule has 2 unspecified atom stereocenters. The third kappa shape index (κ3) is 3.42. The molecule has 1 aromatic rings. The fraction of sp³-hybridized carbons (Fsp3) is 0.571. The molecule has 1 aromatic carbocycles. The van der Waals surface area contributed by atoms with Crippen molar-refractivity contribution < 1.29 is 13.9 Å². The van der Waals surface area contributed by atoms with Gasteiger partial charge in [0.25, 0.3) is 0 Å². The SMILES string of the molecule is Nc1ccc(C(O)CC2CCCC(F)(F)C2)cc1. The molecule has 0 radical (unpaired) electrons. The number of hydrogen-bond acceptors (Lipinski definition) is 2. The van der Waals surface area contributed by atoms with Gasteiger partial charge in [-0.05, 0) is 42.9 Å². The van der Waals surface area contributed by atoms with Gasteiger partial charge in [-0.1, -0.05) is 12.1 Å². The molecule has 18 heavy (non-hydrogen) atoms. The van der Waals surface area contributed by atoms with Crippen LogP contribution in [0.2, 0.25) is 0 Å². The Balaban J connectivity index is 1.94. The molecule has 0 spiro atoms. The van der Waals surface area contributed by atoms with Crippen molar-refractivity contribution >= 4 is 5.69 Å². The van der Waals surface area contributed by atoms with E-state index in [-0.39, 0.29) is 18.8 Å². The second kappa shape index (κ2) is 5.22. The highest BCUT2D eigenvalue weighted by Crippen LogP contribution is 2.40. The predicted molar refractivity (Wildman–Crippen MR) is 67.3 cm³/mol. The van der Waals surface area contributed by atoms with Crippen LogP contribution in [0.15, 0.2) is 24.3 Å². The molecule has 3 N–H and O–H groups in total. The van der Waals surface area contributed by atoms with Gasteiger partial charge in [0.2, 0.25) is 5.92 Å². The van der Waals surface area contributed by atoms with E-state index in [1.807, 2.05) is 0 Å². The van der Waals surface area contributed by atoms with E-state index < -0.39 is 12.0 Å². The van der Waals surface area contributed by atoms with E-state index in [0.717, 1.165) is 12.0 Å². The van der Waals surface area contributed by atoms with Crippen molar-refractivity contribution in [3.8, 4) is 0 Å². The summed E-state index contributed by atoms with van der Waals surface area (Å²) in [5.41, 5.74) is 6.95. The minimum atomic E-state index is -2.55. The molecule has 1 saturated carbocycles. The molecule has 1 aliphatic rings. The fourth-order valence-corrected chi connectivity index (χ4v) is 2.65. The summed E-state index contributed by atoms with van der Waals surface area (Å²) in [6.45, 7) is 0. The Morgan fingerprint density at radius 2 is 2.00 bits per heavy atom. The van der Waals surface area contributed by atoms with Crippen LogP contribution in [0.1, 0.15) is 43.8 Å². The van der Waals surface area contributed by atoms with E-state index in [4.69, 9.17) is 5.73 Å². The maximum absolute atomic E-state index is 13.3. The van der Waals surface area contributed by atoms with Crippen molar-refractivity contribution in [2.75, 3.05) is 5.73 Å². The van der Waals surface area contributed by atoms with Crippen LogP contribution in [0.4, 0.5) is 14.5 Å². The summed E-state index contributed by atoms with van der Waals surface area (Å²) >= 11 is 0. The molecule has 0 bridgehead atoms. The number of aliphatic hydroxyl groups is 1. The maximum atomic E-state index is 13.3. The van der Waals surface area contributed by atoms with Gasteiger partial charge in [-0.3, -0.25) is 0 Å². The largest absolute Gasteiger partial charge is 0.399 e. The molecule has 1 aliphatic carbocycles. The van der Waals surface area contributed by atoms with E-state index in [1.54, 1.807) is 24.3 Å². The zero-order valence-electron chi connectivity index (χ0n) is 10.3. The van der Waals surface area contributed by atoms with Crippen molar-refractivity contribution in [1.82, 2.24) is 0 Å². The average molecular weight is 255 g/mol. The smallest absolute Gasteiger partial charge is 0.248 e. The Morgan fingerprint density at radius 3 is 2.61 bits per heavy atom. The Bertz CT molecular complexity index is 391. The molecule has 0 aliphatic heterocycles. The van der Waals surface area contributed by atoms with Gasteiger partial charge in [-0.25, -0.2) is 8.78 Å². The normalized spacial score (nSPS) is 24.7. The number of hydrogen-bond donors (Lipinski definition) is 2. The number of nitrogens with two attached hydrogens (primary N) is 1. The van der Waals surface area contributed by atoms with Gasteiger partial charge >= 0.3 is 0 Å². The first-order chi connectivity index (χ1) is 8.46.